The van der Waals surface area contributed by atoms with Gasteiger partial charge in [-0.1, -0.05) is 13.3 Å². The number of rotatable bonds is 2. The molecule has 3 N–H and O–H groups in total. The van der Waals surface area contributed by atoms with Gasteiger partial charge in [0.2, 0.25) is 0 Å². The number of nitrogens with one attached hydrogen (secondary N) is 1. The number of nitrogens with zero attached hydrogens (tertiary/aromatic N) is 2. The molecule has 1 saturated heterocycles. The smallest absolute Gasteiger partial charge is 0.259 e. The van der Waals surface area contributed by atoms with E-state index < -0.39 is 0 Å². The van der Waals surface area contributed by atoms with Crippen LogP contribution in [0.1, 0.15) is 30.1 Å². The van der Waals surface area contributed by atoms with Crippen molar-refractivity contribution in [3.63, 3.8) is 0 Å². The van der Waals surface area contributed by atoms with E-state index in [1.165, 1.54) is 6.20 Å². The molecule has 1 fully saturated rings. The van der Waals surface area contributed by atoms with Crippen molar-refractivity contribution >= 4 is 11.7 Å². The molecule has 5 nitrogen and oxygen atoms in total. The van der Waals surface area contributed by atoms with Gasteiger partial charge in [0.05, 0.1) is 6.20 Å². The third-order valence-electron chi connectivity index (χ3n) is 3.05. The van der Waals surface area contributed by atoms with Gasteiger partial charge in [-0.3, -0.25) is 9.89 Å². The maximum Gasteiger partial charge on any atom is 0.259 e. The van der Waals surface area contributed by atoms with Gasteiger partial charge >= 0.3 is 0 Å². The third-order valence-corrected chi connectivity index (χ3v) is 3.05. The van der Waals surface area contributed by atoms with Crippen molar-refractivity contribution in [1.29, 1.82) is 0 Å². The summed E-state index contributed by atoms with van der Waals surface area (Å²) in [5.74, 6) is 0.999. The third kappa shape index (κ3) is 1.82. The van der Waals surface area contributed by atoms with Gasteiger partial charge in [0.1, 0.15) is 11.4 Å². The van der Waals surface area contributed by atoms with Crippen LogP contribution in [-0.2, 0) is 0 Å². The number of H-pyrrole nitrogens is 1. The van der Waals surface area contributed by atoms with Gasteiger partial charge in [0, 0.05) is 13.1 Å². The molecule has 0 bridgehead atoms. The number of nitrogen functional groups attached to an aromatic ring is 1. The second-order valence-corrected chi connectivity index (χ2v) is 4.01. The molecular weight excluding hydrogens is 192 g/mol. The number of aromatic amines is 1. The predicted octanol–water partition coefficient (Wildman–Crippen LogP) is 0.864. The van der Waals surface area contributed by atoms with Crippen LogP contribution in [0.15, 0.2) is 6.20 Å². The first kappa shape index (κ1) is 10.0. The van der Waals surface area contributed by atoms with E-state index >= 15 is 0 Å². The summed E-state index contributed by atoms with van der Waals surface area (Å²) in [6.45, 7) is 3.84. The number of amides is 1. The van der Waals surface area contributed by atoms with E-state index in [-0.39, 0.29) is 5.91 Å². The molecule has 1 amide bonds. The summed E-state index contributed by atoms with van der Waals surface area (Å²) in [5.41, 5.74) is 6.10. The standard InChI is InChI=1S/C10H16N4O/c1-2-7-3-4-14(6-7)10(15)8-5-12-13-9(8)11/h5,7H,2-4,6H2,1H3,(H3,11,12,13). The Kier molecular flexibility index (Phi) is 2.62. The van der Waals surface area contributed by atoms with Crippen molar-refractivity contribution in [3.05, 3.63) is 11.8 Å². The van der Waals surface area contributed by atoms with Crippen LogP contribution in [0, 0.1) is 5.92 Å². The van der Waals surface area contributed by atoms with Crippen LogP contribution in [0.3, 0.4) is 0 Å². The number of nitrogens with two attached hydrogens (primary N) is 1. The Bertz CT molecular complexity index is 360. The normalized spacial score (nSPS) is 20.9. The number of carbonyl (C=O) groups is 1. The Morgan fingerprint density at radius 2 is 2.60 bits per heavy atom. The highest BCUT2D eigenvalue weighted by atomic mass is 16.2. The second-order valence-electron chi connectivity index (χ2n) is 4.01. The van der Waals surface area contributed by atoms with Crippen LogP contribution in [0.2, 0.25) is 0 Å². The number of aromatic nitrogens is 2. The average Bonchev–Trinajstić information content (AvgIpc) is 2.84. The zero-order valence-electron chi connectivity index (χ0n) is 8.86. The Labute approximate surface area is 88.6 Å². The average molecular weight is 208 g/mol. The SMILES string of the molecule is CCC1CCN(C(=O)c2cn[nH]c2N)C1. The van der Waals surface area contributed by atoms with E-state index in [0.29, 0.717) is 17.3 Å². The molecule has 1 aliphatic heterocycles. The molecule has 1 unspecified atom stereocenters. The Morgan fingerprint density at radius 1 is 1.80 bits per heavy atom. The summed E-state index contributed by atoms with van der Waals surface area (Å²) < 4.78 is 0. The monoisotopic (exact) mass is 208 g/mol. The highest BCUT2D eigenvalue weighted by Gasteiger charge is 2.27. The van der Waals surface area contributed by atoms with Gasteiger partial charge in [-0.2, -0.15) is 5.10 Å². The van der Waals surface area contributed by atoms with E-state index in [0.717, 1.165) is 25.9 Å². The predicted molar refractivity (Wildman–Crippen MR) is 57.3 cm³/mol. The van der Waals surface area contributed by atoms with Crippen LogP contribution in [0.4, 0.5) is 5.82 Å². The quantitative estimate of drug-likeness (QED) is 0.757. The number of carbonyl (C=O) groups excluding carboxylic acids is 1. The minimum atomic E-state index is -0.00259. The molecule has 2 rings (SSSR count). The topological polar surface area (TPSA) is 75.0 Å². The summed E-state index contributed by atoms with van der Waals surface area (Å²) in [4.78, 5) is 13.8. The summed E-state index contributed by atoms with van der Waals surface area (Å²) in [5, 5.41) is 6.33. The van der Waals surface area contributed by atoms with Crippen LogP contribution in [-0.4, -0.2) is 34.1 Å². The number of likely N-dealkylation sites (tertiary alicyclic amines) is 1. The molecule has 0 radical (unpaired) electrons. The lowest BCUT2D eigenvalue weighted by molar-refractivity contribution is 0.0788. The van der Waals surface area contributed by atoms with Crippen LogP contribution in [0.25, 0.3) is 0 Å². The zero-order valence-corrected chi connectivity index (χ0v) is 8.86. The molecular formula is C10H16N4O. The summed E-state index contributed by atoms with van der Waals surface area (Å²) >= 11 is 0. The molecule has 1 atom stereocenters. The van der Waals surface area contributed by atoms with Crippen molar-refractivity contribution in [2.75, 3.05) is 18.8 Å². The number of hydrogen-bond donors (Lipinski definition) is 2. The van der Waals surface area contributed by atoms with Gasteiger partial charge in [0.15, 0.2) is 0 Å². The van der Waals surface area contributed by atoms with E-state index in [9.17, 15) is 4.79 Å². The molecule has 0 aliphatic carbocycles. The first-order chi connectivity index (χ1) is 7.22. The molecule has 15 heavy (non-hydrogen) atoms. The van der Waals surface area contributed by atoms with Crippen molar-refractivity contribution in [1.82, 2.24) is 15.1 Å². The summed E-state index contributed by atoms with van der Waals surface area (Å²) in [6.07, 6.45) is 3.72. The molecule has 1 aromatic heterocycles. The van der Waals surface area contributed by atoms with E-state index in [1.807, 2.05) is 4.90 Å². The Morgan fingerprint density at radius 3 is 3.13 bits per heavy atom. The fraction of sp³-hybridized carbons (Fsp3) is 0.600. The molecule has 0 spiro atoms. The van der Waals surface area contributed by atoms with E-state index in [1.54, 1.807) is 0 Å². The lowest BCUT2D eigenvalue weighted by atomic mass is 10.1. The fourth-order valence-corrected chi connectivity index (χ4v) is 1.99. The maximum absolute atomic E-state index is 12.0. The Hall–Kier alpha value is -1.52. The highest BCUT2D eigenvalue weighted by molar-refractivity contribution is 5.98. The van der Waals surface area contributed by atoms with Crippen LogP contribution in [0.5, 0.6) is 0 Å². The number of anilines is 1. The Balaban J connectivity index is 2.07. The van der Waals surface area contributed by atoms with Crippen LogP contribution < -0.4 is 5.73 Å². The van der Waals surface area contributed by atoms with Gasteiger partial charge < -0.3 is 10.6 Å². The van der Waals surface area contributed by atoms with Crippen molar-refractivity contribution < 1.29 is 4.79 Å². The molecule has 1 aromatic rings. The molecule has 82 valence electrons. The van der Waals surface area contributed by atoms with E-state index in [4.69, 9.17) is 5.73 Å². The maximum atomic E-state index is 12.0. The van der Waals surface area contributed by atoms with E-state index in [2.05, 4.69) is 17.1 Å². The largest absolute Gasteiger partial charge is 0.383 e. The highest BCUT2D eigenvalue weighted by Crippen LogP contribution is 2.21. The van der Waals surface area contributed by atoms with Gasteiger partial charge in [-0.15, -0.1) is 0 Å². The van der Waals surface area contributed by atoms with Crippen molar-refractivity contribution in [2.24, 2.45) is 5.92 Å². The lowest BCUT2D eigenvalue weighted by Gasteiger charge is -2.15. The molecule has 0 aromatic carbocycles. The number of hydrogen-bond acceptors (Lipinski definition) is 3. The second kappa shape index (κ2) is 3.92. The first-order valence-electron chi connectivity index (χ1n) is 5.30. The minimum Gasteiger partial charge on any atom is -0.383 e. The summed E-state index contributed by atoms with van der Waals surface area (Å²) in [7, 11) is 0. The molecule has 5 heteroatoms. The van der Waals surface area contributed by atoms with Gasteiger partial charge in [-0.25, -0.2) is 0 Å². The summed E-state index contributed by atoms with van der Waals surface area (Å²) in [6, 6.07) is 0. The van der Waals surface area contributed by atoms with Crippen LogP contribution >= 0.6 is 0 Å². The van der Waals surface area contributed by atoms with Crippen molar-refractivity contribution in [3.8, 4) is 0 Å². The molecule has 2 heterocycles. The lowest BCUT2D eigenvalue weighted by Crippen LogP contribution is -2.28. The van der Waals surface area contributed by atoms with Gasteiger partial charge in [-0.05, 0) is 12.3 Å². The fourth-order valence-electron chi connectivity index (χ4n) is 1.99. The molecule has 0 saturated carbocycles. The zero-order chi connectivity index (χ0) is 10.8. The first-order valence-corrected chi connectivity index (χ1v) is 5.30. The molecule has 1 aliphatic rings. The van der Waals surface area contributed by atoms with Crippen molar-refractivity contribution in [2.45, 2.75) is 19.8 Å². The van der Waals surface area contributed by atoms with Gasteiger partial charge in [0.25, 0.3) is 5.91 Å². The minimum absolute atomic E-state index is 0.00259.